The van der Waals surface area contributed by atoms with E-state index >= 15 is 0 Å². The van der Waals surface area contributed by atoms with E-state index in [4.69, 9.17) is 9.47 Å². The number of epoxide rings is 1. The fraction of sp³-hybridized carbons (Fsp3) is 0.269. The van der Waals surface area contributed by atoms with Crippen molar-refractivity contribution in [2.75, 3.05) is 18.1 Å². The Labute approximate surface area is 178 Å². The molecule has 3 aromatic carbocycles. The topological polar surface area (TPSA) is 42.1 Å². The number of hydrogen-bond acceptors (Lipinski definition) is 3. The summed E-state index contributed by atoms with van der Waals surface area (Å²) in [6.45, 7) is 7.61. The molecule has 1 fully saturated rings. The molecule has 0 N–H and O–H groups in total. The predicted octanol–water partition coefficient (Wildman–Crippen LogP) is 5.74. The van der Waals surface area contributed by atoms with E-state index in [9.17, 15) is 4.79 Å². The van der Waals surface area contributed by atoms with Crippen molar-refractivity contribution in [1.29, 1.82) is 0 Å². The van der Waals surface area contributed by atoms with Gasteiger partial charge in [-0.25, -0.2) is 0 Å². The monoisotopic (exact) mass is 401 g/mol. The van der Waals surface area contributed by atoms with Crippen LogP contribution in [0.5, 0.6) is 5.75 Å². The number of carbonyl (C=O) groups excluding carboxylic acids is 1. The van der Waals surface area contributed by atoms with Gasteiger partial charge in [0.25, 0.3) is 5.91 Å². The fourth-order valence-corrected chi connectivity index (χ4v) is 3.29. The second kappa shape index (κ2) is 8.33. The summed E-state index contributed by atoms with van der Waals surface area (Å²) >= 11 is 0. The minimum atomic E-state index is -0.125. The van der Waals surface area contributed by atoms with Crippen molar-refractivity contribution in [3.8, 4) is 5.75 Å². The minimum absolute atomic E-state index is 0.0473. The molecule has 1 heterocycles. The molecule has 1 aliphatic heterocycles. The van der Waals surface area contributed by atoms with Crippen molar-refractivity contribution in [1.82, 2.24) is 0 Å². The van der Waals surface area contributed by atoms with Crippen LogP contribution in [0, 0.1) is 0 Å². The average molecular weight is 402 g/mol. The van der Waals surface area contributed by atoms with Crippen LogP contribution in [0.25, 0.3) is 0 Å². The third-order valence-electron chi connectivity index (χ3n) is 5.14. The molecular formula is C26H27NO3. The van der Waals surface area contributed by atoms with E-state index in [2.05, 4.69) is 20.8 Å². The van der Waals surface area contributed by atoms with Gasteiger partial charge in [0.2, 0.25) is 0 Å². The highest BCUT2D eigenvalue weighted by Crippen LogP contribution is 2.33. The number of hydrogen-bond donors (Lipinski definition) is 0. The van der Waals surface area contributed by atoms with E-state index in [0.29, 0.717) is 24.5 Å². The standard InChI is InChI=1S/C26H27NO3/c1-26(2,3)19-14-15-23(24(16-19)30-18-22-17-29-22)25(28)27(20-10-6-4-7-11-20)21-12-8-5-9-13-21/h4-16,22H,17-18H2,1-3H3. The Kier molecular flexibility index (Phi) is 5.60. The van der Waals surface area contributed by atoms with Gasteiger partial charge in [0.1, 0.15) is 18.5 Å². The number of para-hydroxylation sites is 2. The largest absolute Gasteiger partial charge is 0.490 e. The van der Waals surface area contributed by atoms with E-state index in [1.165, 1.54) is 0 Å². The van der Waals surface area contributed by atoms with Gasteiger partial charge in [-0.15, -0.1) is 0 Å². The molecule has 4 rings (SSSR count). The van der Waals surface area contributed by atoms with Crippen LogP contribution in [0.3, 0.4) is 0 Å². The van der Waals surface area contributed by atoms with Crippen LogP contribution >= 0.6 is 0 Å². The molecule has 0 radical (unpaired) electrons. The molecule has 0 saturated carbocycles. The van der Waals surface area contributed by atoms with Gasteiger partial charge >= 0.3 is 0 Å². The normalized spacial score (nSPS) is 15.5. The van der Waals surface area contributed by atoms with E-state index in [1.807, 2.05) is 78.9 Å². The van der Waals surface area contributed by atoms with Crippen LogP contribution in [0.2, 0.25) is 0 Å². The zero-order chi connectivity index (χ0) is 21.1. The van der Waals surface area contributed by atoms with E-state index in [0.717, 1.165) is 16.9 Å². The lowest BCUT2D eigenvalue weighted by Gasteiger charge is -2.26. The SMILES string of the molecule is CC(C)(C)c1ccc(C(=O)N(c2ccccc2)c2ccccc2)c(OCC2CO2)c1. The van der Waals surface area contributed by atoms with Crippen molar-refractivity contribution >= 4 is 17.3 Å². The summed E-state index contributed by atoms with van der Waals surface area (Å²) in [4.78, 5) is 15.5. The summed E-state index contributed by atoms with van der Waals surface area (Å²) in [5.74, 6) is 0.472. The van der Waals surface area contributed by atoms with Crippen molar-refractivity contribution < 1.29 is 14.3 Å². The fourth-order valence-electron chi connectivity index (χ4n) is 3.29. The molecule has 1 saturated heterocycles. The zero-order valence-corrected chi connectivity index (χ0v) is 17.7. The van der Waals surface area contributed by atoms with E-state index < -0.39 is 0 Å². The molecule has 154 valence electrons. The summed E-state index contributed by atoms with van der Waals surface area (Å²) in [5.41, 5.74) is 3.23. The molecule has 30 heavy (non-hydrogen) atoms. The summed E-state index contributed by atoms with van der Waals surface area (Å²) in [6, 6.07) is 25.3. The first-order valence-corrected chi connectivity index (χ1v) is 10.3. The van der Waals surface area contributed by atoms with E-state index in [-0.39, 0.29) is 17.4 Å². The molecule has 0 bridgehead atoms. The first-order chi connectivity index (χ1) is 14.4. The second-order valence-electron chi connectivity index (χ2n) is 8.54. The van der Waals surface area contributed by atoms with Crippen molar-refractivity contribution in [2.45, 2.75) is 32.3 Å². The number of carbonyl (C=O) groups is 1. The van der Waals surface area contributed by atoms with Crippen LogP contribution in [0.15, 0.2) is 78.9 Å². The second-order valence-corrected chi connectivity index (χ2v) is 8.54. The Morgan fingerprint density at radius 1 is 0.967 bits per heavy atom. The quantitative estimate of drug-likeness (QED) is 0.495. The summed E-state index contributed by atoms with van der Waals surface area (Å²) < 4.78 is 11.4. The molecule has 1 aliphatic rings. The van der Waals surface area contributed by atoms with Gasteiger partial charge in [-0.3, -0.25) is 9.69 Å². The molecule has 0 aliphatic carbocycles. The Morgan fingerprint density at radius 2 is 1.53 bits per heavy atom. The highest BCUT2D eigenvalue weighted by atomic mass is 16.6. The molecule has 0 aromatic heterocycles. The maximum Gasteiger partial charge on any atom is 0.266 e. The van der Waals surface area contributed by atoms with Gasteiger partial charge in [-0.2, -0.15) is 0 Å². The molecule has 4 heteroatoms. The molecule has 1 amide bonds. The molecule has 3 aromatic rings. The van der Waals surface area contributed by atoms with Crippen molar-refractivity contribution in [2.24, 2.45) is 0 Å². The molecule has 1 atom stereocenters. The van der Waals surface area contributed by atoms with Crippen LogP contribution in [0.1, 0.15) is 36.7 Å². The number of anilines is 2. The number of amides is 1. The number of benzene rings is 3. The summed E-state index contributed by atoms with van der Waals surface area (Å²) in [6.07, 6.45) is 0.116. The number of ether oxygens (including phenoxy) is 2. The Bertz CT molecular complexity index is 966. The summed E-state index contributed by atoms with van der Waals surface area (Å²) in [5, 5.41) is 0. The highest BCUT2D eigenvalue weighted by molar-refractivity contribution is 6.12. The minimum Gasteiger partial charge on any atom is -0.490 e. The lowest BCUT2D eigenvalue weighted by molar-refractivity contribution is 0.0994. The maximum absolute atomic E-state index is 13.8. The molecular weight excluding hydrogens is 374 g/mol. The highest BCUT2D eigenvalue weighted by Gasteiger charge is 2.27. The smallest absolute Gasteiger partial charge is 0.266 e. The van der Waals surface area contributed by atoms with Gasteiger partial charge in [-0.1, -0.05) is 63.2 Å². The van der Waals surface area contributed by atoms with Crippen molar-refractivity contribution in [3.63, 3.8) is 0 Å². The van der Waals surface area contributed by atoms with Gasteiger partial charge in [-0.05, 0) is 47.4 Å². The van der Waals surface area contributed by atoms with Crippen LogP contribution in [-0.4, -0.2) is 25.2 Å². The Morgan fingerprint density at radius 3 is 2.03 bits per heavy atom. The molecule has 4 nitrogen and oxygen atoms in total. The number of nitrogens with zero attached hydrogens (tertiary/aromatic N) is 1. The average Bonchev–Trinajstić information content (AvgIpc) is 3.58. The molecule has 1 unspecified atom stereocenters. The lowest BCUT2D eigenvalue weighted by Crippen LogP contribution is -2.27. The lowest BCUT2D eigenvalue weighted by atomic mass is 9.86. The van der Waals surface area contributed by atoms with Gasteiger partial charge < -0.3 is 9.47 Å². The van der Waals surface area contributed by atoms with Gasteiger partial charge in [0.15, 0.2) is 0 Å². The summed E-state index contributed by atoms with van der Waals surface area (Å²) in [7, 11) is 0. The Hall–Kier alpha value is -3.11. The van der Waals surface area contributed by atoms with E-state index in [1.54, 1.807) is 4.90 Å². The third kappa shape index (κ3) is 4.55. The van der Waals surface area contributed by atoms with Gasteiger partial charge in [0, 0.05) is 11.4 Å². The van der Waals surface area contributed by atoms with Gasteiger partial charge in [0.05, 0.1) is 12.2 Å². The number of rotatable bonds is 6. The first-order valence-electron chi connectivity index (χ1n) is 10.3. The molecule has 0 spiro atoms. The van der Waals surface area contributed by atoms with Crippen LogP contribution < -0.4 is 9.64 Å². The maximum atomic E-state index is 13.8. The third-order valence-corrected chi connectivity index (χ3v) is 5.14. The van der Waals surface area contributed by atoms with Crippen LogP contribution in [0.4, 0.5) is 11.4 Å². The van der Waals surface area contributed by atoms with Crippen LogP contribution in [-0.2, 0) is 10.2 Å². The van der Waals surface area contributed by atoms with Crippen molar-refractivity contribution in [3.05, 3.63) is 90.0 Å². The zero-order valence-electron chi connectivity index (χ0n) is 17.7. The predicted molar refractivity (Wildman–Crippen MR) is 120 cm³/mol. The Balaban J connectivity index is 1.76. The first kappa shape index (κ1) is 20.2.